The Bertz CT molecular complexity index is 1320. The van der Waals surface area contributed by atoms with E-state index in [-0.39, 0.29) is 10.8 Å². The molecule has 0 saturated heterocycles. The summed E-state index contributed by atoms with van der Waals surface area (Å²) in [5.41, 5.74) is 4.84. The maximum atomic E-state index is 11.7. The van der Waals surface area contributed by atoms with Crippen molar-refractivity contribution in [2.75, 3.05) is 0 Å². The third-order valence-corrected chi connectivity index (χ3v) is 6.38. The lowest BCUT2D eigenvalue weighted by Crippen LogP contribution is -2.13. The van der Waals surface area contributed by atoms with Crippen molar-refractivity contribution in [2.45, 2.75) is 72.1 Å². The Balaban J connectivity index is 2.18. The van der Waals surface area contributed by atoms with Gasteiger partial charge in [-0.1, -0.05) is 97.9 Å². The van der Waals surface area contributed by atoms with Gasteiger partial charge in [0.2, 0.25) is 0 Å². The van der Waals surface area contributed by atoms with Gasteiger partial charge in [-0.25, -0.2) is 0 Å². The van der Waals surface area contributed by atoms with Gasteiger partial charge >= 0.3 is 0 Å². The van der Waals surface area contributed by atoms with E-state index in [2.05, 4.69) is 104 Å². The first-order valence-corrected chi connectivity index (χ1v) is 11.6. The van der Waals surface area contributed by atoms with Gasteiger partial charge in [-0.3, -0.25) is 4.98 Å². The average molecular weight is 426 g/mol. The smallest absolute Gasteiger partial charge is 0.129 e. The first-order valence-electron chi connectivity index (χ1n) is 11.6. The molecule has 166 valence electrons. The van der Waals surface area contributed by atoms with E-state index >= 15 is 0 Å². The van der Waals surface area contributed by atoms with Crippen LogP contribution in [-0.4, -0.2) is 10.1 Å². The summed E-state index contributed by atoms with van der Waals surface area (Å²) in [6.45, 7) is 17.5. The molecule has 1 N–H and O–H groups in total. The minimum absolute atomic E-state index is 0.0522. The molecule has 2 nitrogen and oxygen atoms in total. The van der Waals surface area contributed by atoms with Crippen LogP contribution in [0.3, 0.4) is 0 Å². The highest BCUT2D eigenvalue weighted by Gasteiger charge is 2.26. The first-order chi connectivity index (χ1) is 14.9. The maximum absolute atomic E-state index is 11.7. The van der Waals surface area contributed by atoms with E-state index in [9.17, 15) is 5.11 Å². The zero-order valence-electron chi connectivity index (χ0n) is 20.7. The molecule has 1 heterocycles. The van der Waals surface area contributed by atoms with Crippen LogP contribution >= 0.6 is 0 Å². The molecule has 2 heteroatoms. The van der Waals surface area contributed by atoms with Crippen LogP contribution < -0.4 is 0 Å². The van der Waals surface area contributed by atoms with Gasteiger partial charge in [-0.15, -0.1) is 0 Å². The Labute approximate surface area is 192 Å². The van der Waals surface area contributed by atoms with Crippen molar-refractivity contribution in [1.82, 2.24) is 4.98 Å². The number of benzene rings is 3. The van der Waals surface area contributed by atoms with E-state index in [1.807, 2.05) is 6.07 Å². The summed E-state index contributed by atoms with van der Waals surface area (Å²) in [7, 11) is 0. The summed E-state index contributed by atoms with van der Waals surface area (Å²) in [4.78, 5) is 5.12. The summed E-state index contributed by atoms with van der Waals surface area (Å²) in [6.07, 6.45) is 0. The van der Waals surface area contributed by atoms with Crippen molar-refractivity contribution in [1.29, 1.82) is 0 Å². The molecule has 1 aromatic heterocycles. The highest BCUT2D eigenvalue weighted by molar-refractivity contribution is 6.07. The zero-order chi connectivity index (χ0) is 23.4. The molecule has 3 aromatic carbocycles. The minimum Gasteiger partial charge on any atom is -0.507 e. The Hall–Kier alpha value is -2.87. The van der Waals surface area contributed by atoms with Crippen molar-refractivity contribution in [2.24, 2.45) is 0 Å². The SMILES string of the molecule is CC(C)c1cc2ccccc2c(-c2c(O)c(C(C)(C)C)cc3cc(C(C)(C)C)ccc23)n1. The minimum atomic E-state index is -0.198. The summed E-state index contributed by atoms with van der Waals surface area (Å²) >= 11 is 0. The summed E-state index contributed by atoms with van der Waals surface area (Å²) in [6, 6.07) is 19.3. The molecule has 0 radical (unpaired) electrons. The number of hydrogen-bond acceptors (Lipinski definition) is 2. The number of phenols is 1. The number of nitrogens with zero attached hydrogens (tertiary/aromatic N) is 1. The van der Waals surface area contributed by atoms with Crippen LogP contribution in [0.25, 0.3) is 32.8 Å². The van der Waals surface area contributed by atoms with E-state index in [0.29, 0.717) is 11.7 Å². The van der Waals surface area contributed by atoms with Gasteiger partial charge in [0.25, 0.3) is 0 Å². The van der Waals surface area contributed by atoms with Crippen LogP contribution in [0.4, 0.5) is 0 Å². The molecule has 0 spiro atoms. The highest BCUT2D eigenvalue weighted by atomic mass is 16.3. The summed E-state index contributed by atoms with van der Waals surface area (Å²) in [5, 5.41) is 16.1. The van der Waals surface area contributed by atoms with Crippen molar-refractivity contribution in [3.05, 3.63) is 71.4 Å². The molecular formula is C30H35NO. The Morgan fingerprint density at radius 3 is 2.06 bits per heavy atom. The van der Waals surface area contributed by atoms with E-state index in [1.165, 1.54) is 5.56 Å². The number of rotatable bonds is 2. The van der Waals surface area contributed by atoms with E-state index < -0.39 is 0 Å². The van der Waals surface area contributed by atoms with Crippen LogP contribution in [-0.2, 0) is 10.8 Å². The number of aromatic hydroxyl groups is 1. The second-order valence-electron chi connectivity index (χ2n) is 11.4. The number of phenolic OH excluding ortho intramolecular Hbond substituents is 1. The van der Waals surface area contributed by atoms with Gasteiger partial charge in [-0.2, -0.15) is 0 Å². The van der Waals surface area contributed by atoms with Crippen LogP contribution in [0.2, 0.25) is 0 Å². The normalized spacial score (nSPS) is 12.8. The van der Waals surface area contributed by atoms with Crippen molar-refractivity contribution < 1.29 is 5.11 Å². The van der Waals surface area contributed by atoms with Crippen LogP contribution in [0.5, 0.6) is 5.75 Å². The molecule has 0 amide bonds. The summed E-state index contributed by atoms with van der Waals surface area (Å²) < 4.78 is 0. The molecule has 0 aliphatic rings. The zero-order valence-corrected chi connectivity index (χ0v) is 20.7. The lowest BCUT2D eigenvalue weighted by Gasteiger charge is -2.25. The molecule has 0 saturated carbocycles. The molecular weight excluding hydrogens is 390 g/mol. The second kappa shape index (κ2) is 7.62. The van der Waals surface area contributed by atoms with E-state index in [4.69, 9.17) is 4.98 Å². The third kappa shape index (κ3) is 3.88. The van der Waals surface area contributed by atoms with Crippen LogP contribution in [0, 0.1) is 0 Å². The number of fused-ring (bicyclic) bond motifs is 2. The second-order valence-corrected chi connectivity index (χ2v) is 11.4. The monoisotopic (exact) mass is 425 g/mol. The van der Waals surface area contributed by atoms with Gasteiger partial charge < -0.3 is 5.11 Å². The fourth-order valence-electron chi connectivity index (χ4n) is 4.38. The topological polar surface area (TPSA) is 33.1 Å². The van der Waals surface area contributed by atoms with E-state index in [0.717, 1.165) is 44.1 Å². The fraction of sp³-hybridized carbons (Fsp3) is 0.367. The molecule has 32 heavy (non-hydrogen) atoms. The van der Waals surface area contributed by atoms with Crippen molar-refractivity contribution in [3.8, 4) is 17.0 Å². The number of aromatic nitrogens is 1. The van der Waals surface area contributed by atoms with Gasteiger partial charge in [0, 0.05) is 16.6 Å². The lowest BCUT2D eigenvalue weighted by molar-refractivity contribution is 0.449. The standard InChI is InChI=1S/C30H35NO/c1-18(2)25-17-19-11-9-10-12-23(19)27(31-25)26-22-14-13-21(29(3,4)5)15-20(22)16-24(28(26)32)30(6,7)8/h9-18,32H,1-8H3. The lowest BCUT2D eigenvalue weighted by atomic mass is 9.80. The predicted molar refractivity (Wildman–Crippen MR) is 138 cm³/mol. The molecule has 0 fully saturated rings. The number of pyridine rings is 1. The van der Waals surface area contributed by atoms with Crippen LogP contribution in [0.15, 0.2) is 54.6 Å². The quantitative estimate of drug-likeness (QED) is 0.349. The average Bonchev–Trinajstić information content (AvgIpc) is 2.70. The maximum Gasteiger partial charge on any atom is 0.129 e. The Morgan fingerprint density at radius 2 is 1.44 bits per heavy atom. The fourth-order valence-corrected chi connectivity index (χ4v) is 4.38. The summed E-state index contributed by atoms with van der Waals surface area (Å²) in [5.74, 6) is 0.636. The van der Waals surface area contributed by atoms with Crippen molar-refractivity contribution in [3.63, 3.8) is 0 Å². The molecule has 0 bridgehead atoms. The molecule has 0 atom stereocenters. The first kappa shape index (κ1) is 22.3. The molecule has 0 aliphatic heterocycles. The molecule has 0 aliphatic carbocycles. The van der Waals surface area contributed by atoms with Crippen LogP contribution in [0.1, 0.15) is 78.1 Å². The number of hydrogen-bond donors (Lipinski definition) is 1. The van der Waals surface area contributed by atoms with Gasteiger partial charge in [0.15, 0.2) is 0 Å². The molecule has 0 unspecified atom stereocenters. The van der Waals surface area contributed by atoms with Crippen molar-refractivity contribution >= 4 is 21.5 Å². The van der Waals surface area contributed by atoms with Gasteiger partial charge in [0.05, 0.1) is 11.3 Å². The molecule has 4 aromatic rings. The van der Waals surface area contributed by atoms with Gasteiger partial charge in [-0.05, 0) is 50.6 Å². The van der Waals surface area contributed by atoms with E-state index in [1.54, 1.807) is 0 Å². The Morgan fingerprint density at radius 1 is 0.750 bits per heavy atom. The third-order valence-electron chi connectivity index (χ3n) is 6.38. The Kier molecular flexibility index (Phi) is 5.32. The molecule has 4 rings (SSSR count). The largest absolute Gasteiger partial charge is 0.507 e. The van der Waals surface area contributed by atoms with Gasteiger partial charge in [0.1, 0.15) is 5.75 Å². The predicted octanol–water partition coefficient (Wildman–Crippen LogP) is 8.48. The highest BCUT2D eigenvalue weighted by Crippen LogP contribution is 2.45.